The SMILES string of the molecule is Cc1ccc(C=C2C(=N)N3C(SCC(C)C)=NSC3=NC2=O)o1. The lowest BCUT2D eigenvalue weighted by atomic mass is 10.1. The standard InChI is InChI=1S/C15H16N4O2S2/c1-8(2)7-22-15-18-23-14-17-13(20)11(12(16)19(14)15)6-10-5-4-9(3)21-10/h4-6,8,16H,7H2,1-3H3. The molecule has 6 nitrogen and oxygen atoms in total. The van der Waals surface area contributed by atoms with Crippen LogP contribution in [0.3, 0.4) is 0 Å². The molecule has 1 aromatic rings. The number of hydrogen-bond acceptors (Lipinski definition) is 6. The summed E-state index contributed by atoms with van der Waals surface area (Å²) in [6.07, 6.45) is 1.56. The summed E-state index contributed by atoms with van der Waals surface area (Å²) in [5, 5.41) is 9.52. The third-order valence-corrected chi connectivity index (χ3v) is 5.27. The van der Waals surface area contributed by atoms with Crippen LogP contribution in [-0.4, -0.2) is 32.7 Å². The molecule has 3 heterocycles. The number of carbonyl (C=O) groups excluding carboxylic acids is 1. The van der Waals surface area contributed by atoms with Crippen molar-refractivity contribution in [1.29, 1.82) is 5.41 Å². The van der Waals surface area contributed by atoms with Gasteiger partial charge in [-0.05, 0) is 31.1 Å². The molecule has 0 aliphatic carbocycles. The van der Waals surface area contributed by atoms with Crippen LogP contribution in [0.5, 0.6) is 0 Å². The summed E-state index contributed by atoms with van der Waals surface area (Å²) in [5.74, 6) is 2.34. The van der Waals surface area contributed by atoms with Crippen LogP contribution >= 0.6 is 23.7 Å². The fourth-order valence-electron chi connectivity index (χ4n) is 2.01. The van der Waals surface area contributed by atoms with E-state index in [-0.39, 0.29) is 11.4 Å². The Morgan fingerprint density at radius 3 is 2.91 bits per heavy atom. The summed E-state index contributed by atoms with van der Waals surface area (Å²) in [5.41, 5.74) is 0.212. The Bertz CT molecular complexity index is 761. The van der Waals surface area contributed by atoms with Crippen LogP contribution in [0.2, 0.25) is 0 Å². The number of nitrogens with zero attached hydrogens (tertiary/aromatic N) is 3. The summed E-state index contributed by atoms with van der Waals surface area (Å²) in [7, 11) is 0. The number of carbonyl (C=O) groups is 1. The first-order valence-corrected chi connectivity index (χ1v) is 8.89. The zero-order valence-corrected chi connectivity index (χ0v) is 14.6. The van der Waals surface area contributed by atoms with E-state index in [1.165, 1.54) is 0 Å². The van der Waals surface area contributed by atoms with Crippen LogP contribution in [0.15, 0.2) is 31.5 Å². The number of furan rings is 1. The Morgan fingerprint density at radius 2 is 2.26 bits per heavy atom. The highest BCUT2D eigenvalue weighted by Crippen LogP contribution is 2.32. The Kier molecular flexibility index (Phi) is 4.45. The average Bonchev–Trinajstić information content (AvgIpc) is 3.07. The topological polar surface area (TPSA) is 82.0 Å². The van der Waals surface area contributed by atoms with Crippen molar-refractivity contribution in [3.63, 3.8) is 0 Å². The number of thioether (sulfide) groups is 1. The van der Waals surface area contributed by atoms with Gasteiger partial charge < -0.3 is 4.42 Å². The van der Waals surface area contributed by atoms with Crippen LogP contribution < -0.4 is 0 Å². The molecular weight excluding hydrogens is 332 g/mol. The first kappa shape index (κ1) is 16.1. The van der Waals surface area contributed by atoms with Gasteiger partial charge in [0.25, 0.3) is 5.91 Å². The molecule has 120 valence electrons. The molecule has 2 aliphatic rings. The van der Waals surface area contributed by atoms with Crippen molar-refractivity contribution >= 4 is 51.9 Å². The summed E-state index contributed by atoms with van der Waals surface area (Å²) >= 11 is 2.70. The van der Waals surface area contributed by atoms with Crippen LogP contribution in [0.1, 0.15) is 25.4 Å². The molecule has 8 heteroatoms. The largest absolute Gasteiger partial charge is 0.462 e. The quantitative estimate of drug-likeness (QED) is 0.667. The summed E-state index contributed by atoms with van der Waals surface area (Å²) < 4.78 is 9.80. The van der Waals surface area contributed by atoms with Crippen LogP contribution in [0, 0.1) is 18.3 Å². The zero-order valence-electron chi connectivity index (χ0n) is 13.0. The van der Waals surface area contributed by atoms with Gasteiger partial charge in [0.1, 0.15) is 17.4 Å². The fraction of sp³-hybridized carbons (Fsp3) is 0.333. The van der Waals surface area contributed by atoms with Crippen molar-refractivity contribution in [1.82, 2.24) is 4.90 Å². The molecule has 0 saturated heterocycles. The number of aryl methyl sites for hydroxylation is 1. The summed E-state index contributed by atoms with van der Waals surface area (Å²) in [6, 6.07) is 3.58. The number of nitrogens with one attached hydrogen (secondary N) is 1. The van der Waals surface area contributed by atoms with Gasteiger partial charge in [-0.25, -0.2) is 4.90 Å². The lowest BCUT2D eigenvalue weighted by molar-refractivity contribution is -0.114. The predicted molar refractivity (Wildman–Crippen MR) is 95.8 cm³/mol. The van der Waals surface area contributed by atoms with Gasteiger partial charge in [-0.2, -0.15) is 9.39 Å². The van der Waals surface area contributed by atoms with Gasteiger partial charge >= 0.3 is 0 Å². The van der Waals surface area contributed by atoms with E-state index >= 15 is 0 Å². The van der Waals surface area contributed by atoms with Gasteiger partial charge in [-0.1, -0.05) is 25.6 Å². The molecule has 1 amide bonds. The number of fused-ring (bicyclic) bond motifs is 1. The van der Waals surface area contributed by atoms with Gasteiger partial charge in [-0.3, -0.25) is 10.2 Å². The third-order valence-electron chi connectivity index (χ3n) is 3.09. The molecule has 1 aromatic heterocycles. The van der Waals surface area contributed by atoms with E-state index < -0.39 is 5.91 Å². The second-order valence-electron chi connectivity index (χ2n) is 5.56. The number of amidine groups is 3. The molecule has 23 heavy (non-hydrogen) atoms. The molecule has 0 bridgehead atoms. The van der Waals surface area contributed by atoms with Gasteiger partial charge in [-0.15, -0.1) is 0 Å². The predicted octanol–water partition coefficient (Wildman–Crippen LogP) is 3.55. The zero-order chi connectivity index (χ0) is 16.6. The third kappa shape index (κ3) is 3.28. The molecule has 0 unspecified atom stereocenters. The van der Waals surface area contributed by atoms with E-state index in [2.05, 4.69) is 23.2 Å². The number of rotatable bonds is 3. The second-order valence-corrected chi connectivity index (χ2v) is 7.28. The van der Waals surface area contributed by atoms with E-state index in [4.69, 9.17) is 9.83 Å². The lowest BCUT2D eigenvalue weighted by Gasteiger charge is -2.24. The minimum Gasteiger partial charge on any atom is -0.462 e. The smallest absolute Gasteiger partial charge is 0.283 e. The fourth-order valence-corrected chi connectivity index (χ4v) is 3.80. The van der Waals surface area contributed by atoms with E-state index in [0.29, 0.717) is 22.0 Å². The maximum Gasteiger partial charge on any atom is 0.283 e. The lowest BCUT2D eigenvalue weighted by Crippen LogP contribution is -2.41. The number of aliphatic imine (C=N–C) groups is 1. The second kappa shape index (κ2) is 6.37. The average molecular weight is 348 g/mol. The number of hydrogen-bond donors (Lipinski definition) is 1. The maximum absolute atomic E-state index is 12.2. The van der Waals surface area contributed by atoms with Crippen LogP contribution in [0.4, 0.5) is 0 Å². The van der Waals surface area contributed by atoms with Crippen molar-refractivity contribution in [2.45, 2.75) is 20.8 Å². The first-order chi connectivity index (χ1) is 11.0. The minimum atomic E-state index is -0.437. The van der Waals surface area contributed by atoms with Gasteiger partial charge in [0.2, 0.25) is 5.17 Å². The minimum absolute atomic E-state index is 0.0917. The van der Waals surface area contributed by atoms with Crippen molar-refractivity contribution in [3.8, 4) is 0 Å². The van der Waals surface area contributed by atoms with Gasteiger partial charge in [0.05, 0.1) is 17.5 Å². The molecule has 0 saturated carbocycles. The van der Waals surface area contributed by atoms with Crippen molar-refractivity contribution in [2.75, 3.05) is 5.75 Å². The highest BCUT2D eigenvalue weighted by molar-refractivity contribution is 8.19. The molecular formula is C15H16N4O2S2. The van der Waals surface area contributed by atoms with Gasteiger partial charge in [0, 0.05) is 5.75 Å². The molecule has 3 rings (SSSR count). The van der Waals surface area contributed by atoms with E-state index in [0.717, 1.165) is 23.5 Å². The monoisotopic (exact) mass is 348 g/mol. The Morgan fingerprint density at radius 1 is 1.48 bits per heavy atom. The maximum atomic E-state index is 12.2. The Labute approximate surface area is 142 Å². The molecule has 0 aromatic carbocycles. The first-order valence-electron chi connectivity index (χ1n) is 7.13. The molecule has 1 N–H and O–H groups in total. The number of amides is 1. The van der Waals surface area contributed by atoms with Crippen molar-refractivity contribution in [3.05, 3.63) is 29.2 Å². The van der Waals surface area contributed by atoms with E-state index in [9.17, 15) is 4.79 Å². The molecule has 0 atom stereocenters. The molecule has 0 spiro atoms. The Hall–Kier alpha value is -1.80. The highest BCUT2D eigenvalue weighted by atomic mass is 32.2. The normalized spacial score (nSPS) is 19.5. The molecule has 2 aliphatic heterocycles. The highest BCUT2D eigenvalue weighted by Gasteiger charge is 2.37. The van der Waals surface area contributed by atoms with Gasteiger partial charge in [0.15, 0.2) is 5.17 Å². The Balaban J connectivity index is 1.89. The molecule has 0 fully saturated rings. The van der Waals surface area contributed by atoms with Crippen molar-refractivity contribution < 1.29 is 9.21 Å². The van der Waals surface area contributed by atoms with Crippen molar-refractivity contribution in [2.24, 2.45) is 15.3 Å². The summed E-state index contributed by atoms with van der Waals surface area (Å²) in [6.45, 7) is 6.08. The van der Waals surface area contributed by atoms with E-state index in [1.54, 1.807) is 28.8 Å². The van der Waals surface area contributed by atoms with Crippen LogP contribution in [0.25, 0.3) is 6.08 Å². The molecule has 0 radical (unpaired) electrons. The van der Waals surface area contributed by atoms with Crippen LogP contribution in [-0.2, 0) is 4.79 Å². The summed E-state index contributed by atoms with van der Waals surface area (Å²) in [4.78, 5) is 17.9. The van der Waals surface area contributed by atoms with E-state index in [1.807, 2.05) is 13.0 Å².